The Bertz CT molecular complexity index is 1020. The van der Waals surface area contributed by atoms with Gasteiger partial charge in [-0.05, 0) is 66.5 Å². The highest BCUT2D eigenvalue weighted by atomic mass is 16.5. The average Bonchev–Trinajstić information content (AvgIpc) is 3.18. The number of carbonyl (C=O) groups is 1. The molecule has 2 aromatic rings. The van der Waals surface area contributed by atoms with E-state index in [-0.39, 0.29) is 5.97 Å². The quantitative estimate of drug-likeness (QED) is 0.700. The fourth-order valence-electron chi connectivity index (χ4n) is 5.31. The summed E-state index contributed by atoms with van der Waals surface area (Å²) in [5.41, 5.74) is 6.68. The molecule has 5 nitrogen and oxygen atoms in total. The highest BCUT2D eigenvalue weighted by Crippen LogP contribution is 2.33. The molecule has 5 rings (SSSR count). The van der Waals surface area contributed by atoms with Crippen molar-refractivity contribution in [3.8, 4) is 6.07 Å². The second kappa shape index (κ2) is 8.82. The number of fused-ring (bicyclic) bond motifs is 2. The molecule has 3 aliphatic rings. The van der Waals surface area contributed by atoms with Gasteiger partial charge in [-0.1, -0.05) is 18.2 Å². The van der Waals surface area contributed by atoms with Crippen LogP contribution in [0.4, 0.5) is 0 Å². The number of aryl methyl sites for hydroxylation is 1. The van der Waals surface area contributed by atoms with E-state index in [9.17, 15) is 10.1 Å². The van der Waals surface area contributed by atoms with Crippen molar-refractivity contribution in [2.75, 3.05) is 39.3 Å². The van der Waals surface area contributed by atoms with Crippen molar-refractivity contribution in [3.63, 3.8) is 0 Å². The first-order valence-corrected chi connectivity index (χ1v) is 11.5. The average molecular weight is 416 g/mol. The van der Waals surface area contributed by atoms with E-state index >= 15 is 0 Å². The highest BCUT2D eigenvalue weighted by molar-refractivity contribution is 5.93. The largest absolute Gasteiger partial charge is 0.457 e. The Hall–Kier alpha value is -2.68. The van der Waals surface area contributed by atoms with Gasteiger partial charge in [0.15, 0.2) is 0 Å². The van der Waals surface area contributed by atoms with Crippen molar-refractivity contribution in [2.24, 2.45) is 0 Å². The fourth-order valence-corrected chi connectivity index (χ4v) is 5.31. The Kier molecular flexibility index (Phi) is 5.76. The molecule has 1 saturated heterocycles. The first kappa shape index (κ1) is 20.2. The van der Waals surface area contributed by atoms with Crippen LogP contribution in [-0.2, 0) is 24.2 Å². The Balaban J connectivity index is 1.12. The number of esters is 1. The number of cyclic esters (lactones) is 1. The molecule has 1 atom stereocenters. The number of rotatable bonds is 5. The summed E-state index contributed by atoms with van der Waals surface area (Å²) in [7, 11) is 0. The van der Waals surface area contributed by atoms with Crippen LogP contribution in [0.25, 0.3) is 0 Å². The smallest absolute Gasteiger partial charge is 0.338 e. The van der Waals surface area contributed by atoms with Gasteiger partial charge in [0.1, 0.15) is 6.61 Å². The van der Waals surface area contributed by atoms with Gasteiger partial charge in [-0.2, -0.15) is 5.26 Å². The molecule has 0 bridgehead atoms. The van der Waals surface area contributed by atoms with E-state index in [1.807, 2.05) is 12.1 Å². The van der Waals surface area contributed by atoms with Gasteiger partial charge >= 0.3 is 5.97 Å². The lowest BCUT2D eigenvalue weighted by Crippen LogP contribution is -2.48. The van der Waals surface area contributed by atoms with E-state index in [1.165, 1.54) is 29.5 Å². The highest BCUT2D eigenvalue weighted by Gasteiger charge is 2.25. The second-order valence-electron chi connectivity index (χ2n) is 9.07. The number of ether oxygens (including phenoxy) is 1. The molecular formula is C26H29N3O2. The van der Waals surface area contributed by atoms with Gasteiger partial charge in [-0.25, -0.2) is 4.79 Å². The van der Waals surface area contributed by atoms with Crippen LogP contribution in [0.3, 0.4) is 0 Å². The lowest BCUT2D eigenvalue weighted by Gasteiger charge is -2.37. The first-order valence-electron chi connectivity index (χ1n) is 11.5. The monoisotopic (exact) mass is 415 g/mol. The molecule has 1 aliphatic carbocycles. The van der Waals surface area contributed by atoms with Crippen LogP contribution < -0.4 is 0 Å². The van der Waals surface area contributed by atoms with Crippen LogP contribution in [0.5, 0.6) is 0 Å². The van der Waals surface area contributed by atoms with E-state index in [4.69, 9.17) is 4.74 Å². The van der Waals surface area contributed by atoms with Crippen molar-refractivity contribution >= 4 is 5.97 Å². The van der Waals surface area contributed by atoms with Crippen LogP contribution in [0, 0.1) is 11.3 Å². The summed E-state index contributed by atoms with van der Waals surface area (Å²) < 4.78 is 5.11. The van der Waals surface area contributed by atoms with Gasteiger partial charge in [0.05, 0.1) is 17.2 Å². The molecular weight excluding hydrogens is 386 g/mol. The number of benzene rings is 2. The van der Waals surface area contributed by atoms with Crippen molar-refractivity contribution in [1.82, 2.24) is 9.80 Å². The van der Waals surface area contributed by atoms with Gasteiger partial charge in [0, 0.05) is 44.8 Å². The number of nitrogens with zero attached hydrogens (tertiary/aromatic N) is 3. The summed E-state index contributed by atoms with van der Waals surface area (Å²) in [6.45, 7) is 7.07. The van der Waals surface area contributed by atoms with Crippen LogP contribution >= 0.6 is 0 Å². The Morgan fingerprint density at radius 3 is 2.71 bits per heavy atom. The summed E-state index contributed by atoms with van der Waals surface area (Å²) in [5.74, 6) is 0.406. The van der Waals surface area contributed by atoms with Crippen LogP contribution in [-0.4, -0.2) is 55.0 Å². The molecule has 0 spiro atoms. The lowest BCUT2D eigenvalue weighted by molar-refractivity contribution is 0.0535. The zero-order valence-electron chi connectivity index (χ0n) is 18.0. The van der Waals surface area contributed by atoms with Crippen LogP contribution in [0.1, 0.15) is 56.9 Å². The molecule has 0 saturated carbocycles. The molecule has 0 N–H and O–H groups in total. The molecule has 1 unspecified atom stereocenters. The summed E-state index contributed by atoms with van der Waals surface area (Å²) >= 11 is 0. The van der Waals surface area contributed by atoms with Gasteiger partial charge in [0.2, 0.25) is 0 Å². The molecule has 31 heavy (non-hydrogen) atoms. The SMILES string of the molecule is N#Cc1ccc2c(c1)CCCC2CN1CCN(CCc2ccc3c(c2)COC3=O)CC1. The summed E-state index contributed by atoms with van der Waals surface area (Å²) in [6.07, 6.45) is 4.60. The van der Waals surface area contributed by atoms with E-state index in [2.05, 4.69) is 40.1 Å². The standard InChI is InChI=1S/C26H29N3O2/c27-16-20-5-6-24-21(15-20)2-1-3-22(24)17-29-12-10-28(11-13-29)9-8-19-4-7-25-23(14-19)18-31-26(25)30/h4-7,14-15,22H,1-3,8-13,17-18H2. The van der Waals surface area contributed by atoms with Gasteiger partial charge in [0.25, 0.3) is 0 Å². The molecule has 2 aliphatic heterocycles. The first-order chi connectivity index (χ1) is 15.2. The maximum absolute atomic E-state index is 11.6. The van der Waals surface area contributed by atoms with Crippen molar-refractivity contribution in [2.45, 2.75) is 38.2 Å². The molecule has 2 aromatic carbocycles. The Morgan fingerprint density at radius 2 is 1.87 bits per heavy atom. The minimum absolute atomic E-state index is 0.191. The second-order valence-corrected chi connectivity index (χ2v) is 9.07. The number of piperazine rings is 1. The third-order valence-electron chi connectivity index (χ3n) is 7.12. The predicted octanol–water partition coefficient (Wildman–Crippen LogP) is 3.51. The van der Waals surface area contributed by atoms with Crippen LogP contribution in [0.15, 0.2) is 36.4 Å². The number of carbonyl (C=O) groups excluding carboxylic acids is 1. The summed E-state index contributed by atoms with van der Waals surface area (Å²) in [4.78, 5) is 16.8. The Labute approximate surface area is 184 Å². The molecule has 5 heteroatoms. The third-order valence-corrected chi connectivity index (χ3v) is 7.12. The minimum Gasteiger partial charge on any atom is -0.457 e. The van der Waals surface area contributed by atoms with Crippen molar-refractivity contribution in [3.05, 3.63) is 69.8 Å². The normalized spacial score (nSPS) is 21.3. The predicted molar refractivity (Wildman–Crippen MR) is 119 cm³/mol. The zero-order valence-corrected chi connectivity index (χ0v) is 18.0. The number of hydrogen-bond donors (Lipinski definition) is 0. The fraction of sp³-hybridized carbons (Fsp3) is 0.462. The lowest BCUT2D eigenvalue weighted by atomic mass is 9.81. The minimum atomic E-state index is -0.191. The third kappa shape index (κ3) is 4.37. The van der Waals surface area contributed by atoms with Gasteiger partial charge < -0.3 is 14.5 Å². The van der Waals surface area contributed by atoms with Crippen molar-refractivity contribution < 1.29 is 9.53 Å². The summed E-state index contributed by atoms with van der Waals surface area (Å²) in [5, 5.41) is 9.18. The summed E-state index contributed by atoms with van der Waals surface area (Å²) in [6, 6.07) is 14.7. The molecule has 0 amide bonds. The maximum Gasteiger partial charge on any atom is 0.338 e. The van der Waals surface area contributed by atoms with Gasteiger partial charge in [-0.3, -0.25) is 0 Å². The maximum atomic E-state index is 11.6. The van der Waals surface area contributed by atoms with Crippen LogP contribution in [0.2, 0.25) is 0 Å². The van der Waals surface area contributed by atoms with E-state index in [0.717, 1.165) is 68.8 Å². The molecule has 0 aromatic heterocycles. The van der Waals surface area contributed by atoms with E-state index in [0.29, 0.717) is 12.5 Å². The van der Waals surface area contributed by atoms with E-state index in [1.54, 1.807) is 0 Å². The zero-order chi connectivity index (χ0) is 21.2. The van der Waals surface area contributed by atoms with Gasteiger partial charge in [-0.15, -0.1) is 0 Å². The van der Waals surface area contributed by atoms with Crippen molar-refractivity contribution in [1.29, 1.82) is 5.26 Å². The molecule has 2 heterocycles. The number of nitriles is 1. The molecule has 0 radical (unpaired) electrons. The molecule has 1 fully saturated rings. The Morgan fingerprint density at radius 1 is 1.03 bits per heavy atom. The number of hydrogen-bond acceptors (Lipinski definition) is 5. The molecule has 160 valence electrons. The topological polar surface area (TPSA) is 56.6 Å². The van der Waals surface area contributed by atoms with E-state index < -0.39 is 0 Å².